The van der Waals surface area contributed by atoms with Gasteiger partial charge in [0.1, 0.15) is 0 Å². The van der Waals surface area contributed by atoms with Gasteiger partial charge in [0, 0.05) is 33.5 Å². The van der Waals surface area contributed by atoms with E-state index in [0.717, 1.165) is 34.1 Å². The van der Waals surface area contributed by atoms with E-state index in [4.69, 9.17) is 0 Å². The number of hydrogen-bond donors (Lipinski definition) is 0. The Morgan fingerprint density at radius 3 is 0.931 bits per heavy atom. The summed E-state index contributed by atoms with van der Waals surface area (Å²) in [6.45, 7) is 0. The van der Waals surface area contributed by atoms with Gasteiger partial charge in [-0.3, -0.25) is 0 Å². The van der Waals surface area contributed by atoms with Crippen LogP contribution >= 0.6 is 0 Å². The lowest BCUT2D eigenvalue weighted by Gasteiger charge is -2.27. The molecule has 58 heavy (non-hydrogen) atoms. The lowest BCUT2D eigenvalue weighted by Crippen LogP contribution is -2.10. The number of nitrogens with zero attached hydrogens (tertiary/aromatic N) is 2. The number of para-hydroxylation sites is 2. The van der Waals surface area contributed by atoms with Crippen LogP contribution in [0.2, 0.25) is 0 Å². The molecule has 2 heteroatoms. The fourth-order valence-electron chi connectivity index (χ4n) is 8.18. The Morgan fingerprint density at radius 2 is 0.517 bits per heavy atom. The van der Waals surface area contributed by atoms with E-state index in [0.29, 0.717) is 0 Å². The second-order valence-electron chi connectivity index (χ2n) is 14.6. The molecule has 0 saturated heterocycles. The van der Waals surface area contributed by atoms with Crippen molar-refractivity contribution in [3.05, 3.63) is 243 Å². The Kier molecular flexibility index (Phi) is 9.27. The Bertz CT molecular complexity index is 2770. The third-order valence-electron chi connectivity index (χ3n) is 11.0. The molecule has 0 aliphatic heterocycles. The normalized spacial score (nSPS) is 11.1. The van der Waals surface area contributed by atoms with Crippen molar-refractivity contribution in [2.24, 2.45) is 0 Å². The third kappa shape index (κ3) is 6.78. The first-order valence-corrected chi connectivity index (χ1v) is 19.8. The highest BCUT2D eigenvalue weighted by Crippen LogP contribution is 2.41. The van der Waals surface area contributed by atoms with Crippen LogP contribution in [0.4, 0.5) is 34.1 Å². The van der Waals surface area contributed by atoms with Crippen molar-refractivity contribution >= 4 is 55.7 Å². The van der Waals surface area contributed by atoms with Gasteiger partial charge in [-0.1, -0.05) is 170 Å². The molecular weight excluding hydrogens is 701 g/mol. The van der Waals surface area contributed by atoms with Crippen molar-refractivity contribution in [3.8, 4) is 33.4 Å². The zero-order chi connectivity index (χ0) is 38.7. The van der Waals surface area contributed by atoms with Crippen LogP contribution in [0.15, 0.2) is 243 Å². The summed E-state index contributed by atoms with van der Waals surface area (Å²) in [5.74, 6) is 0. The molecule has 10 aromatic carbocycles. The average molecular weight is 741 g/mol. The molecule has 0 unspecified atom stereocenters. The molecule has 274 valence electrons. The highest BCUT2D eigenvalue weighted by molar-refractivity contribution is 6.00. The minimum absolute atomic E-state index is 1.12. The minimum Gasteiger partial charge on any atom is -0.310 e. The number of benzene rings is 10. The van der Waals surface area contributed by atoms with Gasteiger partial charge >= 0.3 is 0 Å². The predicted molar refractivity (Wildman–Crippen MR) is 247 cm³/mol. The molecule has 0 amide bonds. The number of rotatable bonds is 9. The summed E-state index contributed by atoms with van der Waals surface area (Å²) < 4.78 is 0. The first-order valence-electron chi connectivity index (χ1n) is 19.8. The van der Waals surface area contributed by atoms with Crippen LogP contribution in [0.1, 0.15) is 0 Å². The fraction of sp³-hybridized carbons (Fsp3) is 0. The maximum absolute atomic E-state index is 2.35. The van der Waals surface area contributed by atoms with E-state index in [2.05, 4.69) is 252 Å². The Morgan fingerprint density at radius 1 is 0.207 bits per heavy atom. The molecule has 2 nitrogen and oxygen atoms in total. The lowest BCUT2D eigenvalue weighted by molar-refractivity contribution is 1.30. The van der Waals surface area contributed by atoms with E-state index in [9.17, 15) is 0 Å². The third-order valence-corrected chi connectivity index (χ3v) is 11.0. The zero-order valence-corrected chi connectivity index (χ0v) is 32.0. The molecule has 0 bridgehead atoms. The molecule has 0 spiro atoms. The summed E-state index contributed by atoms with van der Waals surface area (Å²) >= 11 is 0. The SMILES string of the molecule is c1ccc(N(c2ccc(-c3cccc(-c4cccc(-c5ccc(N(c6ccccc6)c6cccc7ccccc67)cc5)c4)c3)cc2)c2cccc3ccccc23)cc1. The van der Waals surface area contributed by atoms with Crippen molar-refractivity contribution in [2.75, 3.05) is 9.80 Å². The number of fused-ring (bicyclic) bond motifs is 2. The molecule has 0 radical (unpaired) electrons. The maximum atomic E-state index is 2.35. The average Bonchev–Trinajstić information content (AvgIpc) is 3.31. The van der Waals surface area contributed by atoms with E-state index >= 15 is 0 Å². The van der Waals surface area contributed by atoms with Gasteiger partial charge in [-0.05, 0) is 117 Å². The summed E-state index contributed by atoms with van der Waals surface area (Å²) in [5.41, 5.74) is 13.9. The molecule has 10 rings (SSSR count). The van der Waals surface area contributed by atoms with Gasteiger partial charge in [-0.2, -0.15) is 0 Å². The van der Waals surface area contributed by atoms with Crippen LogP contribution in [0.3, 0.4) is 0 Å². The topological polar surface area (TPSA) is 6.48 Å². The van der Waals surface area contributed by atoms with Crippen LogP contribution < -0.4 is 9.80 Å². The molecule has 0 aromatic heterocycles. The first kappa shape index (κ1) is 34.8. The number of anilines is 6. The highest BCUT2D eigenvalue weighted by Gasteiger charge is 2.17. The van der Waals surface area contributed by atoms with Crippen LogP contribution in [-0.4, -0.2) is 0 Å². The second kappa shape index (κ2) is 15.5. The van der Waals surface area contributed by atoms with Crippen molar-refractivity contribution in [2.45, 2.75) is 0 Å². The van der Waals surface area contributed by atoms with Crippen LogP contribution in [0.25, 0.3) is 54.9 Å². The van der Waals surface area contributed by atoms with Gasteiger partial charge in [-0.15, -0.1) is 0 Å². The van der Waals surface area contributed by atoms with Crippen LogP contribution in [-0.2, 0) is 0 Å². The van der Waals surface area contributed by atoms with Crippen molar-refractivity contribution in [3.63, 3.8) is 0 Å². The maximum Gasteiger partial charge on any atom is 0.0540 e. The van der Waals surface area contributed by atoms with E-state index in [-0.39, 0.29) is 0 Å². The Labute approximate surface area is 340 Å². The van der Waals surface area contributed by atoms with Gasteiger partial charge in [0.25, 0.3) is 0 Å². The monoisotopic (exact) mass is 740 g/mol. The molecule has 0 fully saturated rings. The molecule has 0 saturated carbocycles. The molecule has 0 N–H and O–H groups in total. The van der Waals surface area contributed by atoms with Gasteiger partial charge in [-0.25, -0.2) is 0 Å². The summed E-state index contributed by atoms with van der Waals surface area (Å²) in [5, 5.41) is 4.89. The van der Waals surface area contributed by atoms with Gasteiger partial charge < -0.3 is 9.80 Å². The Balaban J connectivity index is 0.945. The molecule has 10 aromatic rings. The summed E-state index contributed by atoms with van der Waals surface area (Å²) in [7, 11) is 0. The van der Waals surface area contributed by atoms with Gasteiger partial charge in [0.2, 0.25) is 0 Å². The van der Waals surface area contributed by atoms with Crippen molar-refractivity contribution in [1.29, 1.82) is 0 Å². The largest absolute Gasteiger partial charge is 0.310 e. The zero-order valence-electron chi connectivity index (χ0n) is 32.0. The van der Waals surface area contributed by atoms with Crippen LogP contribution in [0.5, 0.6) is 0 Å². The fourth-order valence-corrected chi connectivity index (χ4v) is 8.18. The molecule has 0 aliphatic rings. The molecule has 0 atom stereocenters. The molecular formula is C56H40N2. The van der Waals surface area contributed by atoms with Crippen molar-refractivity contribution in [1.82, 2.24) is 0 Å². The summed E-state index contributed by atoms with van der Waals surface area (Å²) in [4.78, 5) is 4.70. The van der Waals surface area contributed by atoms with E-state index in [1.807, 2.05) is 0 Å². The highest BCUT2D eigenvalue weighted by atomic mass is 15.1. The lowest BCUT2D eigenvalue weighted by atomic mass is 9.96. The second-order valence-corrected chi connectivity index (χ2v) is 14.6. The van der Waals surface area contributed by atoms with E-state index in [1.165, 1.54) is 54.9 Å². The Hall–Kier alpha value is -7.68. The van der Waals surface area contributed by atoms with E-state index < -0.39 is 0 Å². The first-order chi connectivity index (χ1) is 28.8. The summed E-state index contributed by atoms with van der Waals surface area (Å²) in [6.07, 6.45) is 0. The van der Waals surface area contributed by atoms with Gasteiger partial charge in [0.05, 0.1) is 11.4 Å². The standard InChI is InChI=1S/C56H40N2/c1-3-23-49(24-4-1)57(55-29-13-17-43-15-7-9-27-53(43)55)51-35-31-41(32-36-51)45-19-11-21-47(39-45)48-22-12-20-46(40-48)42-33-37-52(38-34-42)58(50-25-5-2-6-26-50)56-30-14-18-44-16-8-10-28-54(44)56/h1-40H. The minimum atomic E-state index is 1.12. The molecule has 0 aliphatic carbocycles. The molecule has 0 heterocycles. The quantitative estimate of drug-likeness (QED) is 0.145. The number of hydrogen-bond acceptors (Lipinski definition) is 2. The van der Waals surface area contributed by atoms with E-state index in [1.54, 1.807) is 0 Å². The summed E-state index contributed by atoms with van der Waals surface area (Å²) in [6, 6.07) is 87.2. The van der Waals surface area contributed by atoms with Crippen LogP contribution in [0, 0.1) is 0 Å². The predicted octanol–water partition coefficient (Wildman–Crippen LogP) is 15.9. The smallest absolute Gasteiger partial charge is 0.0540 e. The van der Waals surface area contributed by atoms with Crippen molar-refractivity contribution < 1.29 is 0 Å². The van der Waals surface area contributed by atoms with Gasteiger partial charge in [0.15, 0.2) is 0 Å².